The molecule has 1 aromatic rings. The molecule has 2 rings (SSSR count). The van der Waals surface area contributed by atoms with Crippen LogP contribution in [0.2, 0.25) is 5.02 Å². The largest absolute Gasteiger partial charge is 0.442 e. The number of hydrogen-bond acceptors (Lipinski definition) is 4. The maximum absolute atomic E-state index is 13.4. The quantitative estimate of drug-likeness (QED) is 0.625. The topological polar surface area (TPSA) is 64.7 Å². The van der Waals surface area contributed by atoms with Gasteiger partial charge in [0.05, 0.1) is 0 Å². The van der Waals surface area contributed by atoms with E-state index in [0.29, 0.717) is 16.7 Å². The smallest absolute Gasteiger partial charge is 0.367 e. The van der Waals surface area contributed by atoms with Gasteiger partial charge < -0.3 is 4.84 Å². The summed E-state index contributed by atoms with van der Waals surface area (Å²) >= 11 is 5.75. The zero-order valence-electron chi connectivity index (χ0n) is 11.2. The molecule has 0 radical (unpaired) electrons. The zero-order chi connectivity index (χ0) is 16.5. The molecular weight excluding hydrogens is 325 g/mol. The van der Waals surface area contributed by atoms with E-state index in [1.807, 2.05) is 0 Å². The molecule has 0 spiro atoms. The van der Waals surface area contributed by atoms with Gasteiger partial charge in [-0.2, -0.15) is 13.2 Å². The molecule has 1 aliphatic rings. The predicted molar refractivity (Wildman–Crippen MR) is 74.2 cm³/mol. The highest BCUT2D eigenvalue weighted by molar-refractivity contribution is 6.30. The number of oxime groups is 1. The van der Waals surface area contributed by atoms with Gasteiger partial charge in [-0.3, -0.25) is 10.1 Å². The second-order valence-electron chi connectivity index (χ2n) is 4.69. The van der Waals surface area contributed by atoms with E-state index in [1.165, 1.54) is 12.1 Å². The molecule has 1 aromatic carbocycles. The molecule has 9 heteroatoms. The van der Waals surface area contributed by atoms with Crippen LogP contribution in [0.15, 0.2) is 35.5 Å². The molecule has 0 aliphatic carbocycles. The molecule has 1 aliphatic heterocycles. The summed E-state index contributed by atoms with van der Waals surface area (Å²) in [6, 6.07) is 3.90. The van der Waals surface area contributed by atoms with Crippen molar-refractivity contribution in [3.05, 3.63) is 51.0 Å². The first kappa shape index (κ1) is 16.3. The molecule has 0 amide bonds. The van der Waals surface area contributed by atoms with E-state index in [9.17, 15) is 23.3 Å². The Morgan fingerprint density at radius 3 is 2.73 bits per heavy atom. The summed E-state index contributed by atoms with van der Waals surface area (Å²) in [5.41, 5.74) is -3.13. The number of hydrogen-bond donors (Lipinski definition) is 0. The molecule has 0 saturated heterocycles. The first-order chi connectivity index (χ1) is 10.2. The summed E-state index contributed by atoms with van der Waals surface area (Å²) in [6.45, 7) is 1.12. The Labute approximate surface area is 128 Å². The average Bonchev–Trinajstić information content (AvgIpc) is 2.74. The van der Waals surface area contributed by atoms with Crippen LogP contribution in [0, 0.1) is 10.1 Å². The van der Waals surface area contributed by atoms with Crippen molar-refractivity contribution in [1.29, 1.82) is 0 Å². The molecular formula is C13H10ClF3N2O3. The molecule has 0 aromatic heterocycles. The third-order valence-electron chi connectivity index (χ3n) is 3.17. The lowest BCUT2D eigenvalue weighted by atomic mass is 9.90. The van der Waals surface area contributed by atoms with Gasteiger partial charge in [0.1, 0.15) is 5.71 Å². The van der Waals surface area contributed by atoms with Gasteiger partial charge in [-0.25, -0.2) is 0 Å². The van der Waals surface area contributed by atoms with Crippen molar-refractivity contribution < 1.29 is 22.9 Å². The Morgan fingerprint density at radius 2 is 2.18 bits per heavy atom. The Bertz CT molecular complexity index is 660. The summed E-state index contributed by atoms with van der Waals surface area (Å²) in [7, 11) is 0. The second-order valence-corrected chi connectivity index (χ2v) is 5.13. The molecule has 2 atom stereocenters. The van der Waals surface area contributed by atoms with Crippen LogP contribution >= 0.6 is 11.6 Å². The van der Waals surface area contributed by atoms with Crippen LogP contribution in [-0.2, 0) is 4.84 Å². The maximum Gasteiger partial charge on any atom is 0.442 e. The summed E-state index contributed by atoms with van der Waals surface area (Å²) < 4.78 is 40.2. The molecule has 0 fully saturated rings. The van der Waals surface area contributed by atoms with Crippen molar-refractivity contribution >= 4 is 23.4 Å². The molecule has 5 nitrogen and oxygen atoms in total. The Kier molecular flexibility index (Phi) is 4.15. The van der Waals surface area contributed by atoms with Gasteiger partial charge in [-0.05, 0) is 30.7 Å². The average molecular weight is 335 g/mol. The number of benzene rings is 1. The summed E-state index contributed by atoms with van der Waals surface area (Å²) in [5.74, 6) is 0. The Hall–Kier alpha value is -2.09. The molecule has 118 valence electrons. The fourth-order valence-electron chi connectivity index (χ4n) is 2.12. The normalized spacial score (nSPS) is 25.1. The van der Waals surface area contributed by atoms with Gasteiger partial charge in [-0.15, -0.1) is 0 Å². The Balaban J connectivity index is 2.46. The van der Waals surface area contributed by atoms with Crippen LogP contribution in [0.3, 0.4) is 0 Å². The lowest BCUT2D eigenvalue weighted by Gasteiger charge is -2.27. The van der Waals surface area contributed by atoms with Crippen molar-refractivity contribution in [2.45, 2.75) is 24.7 Å². The number of nitro groups is 1. The van der Waals surface area contributed by atoms with E-state index in [-0.39, 0.29) is 5.71 Å². The zero-order valence-corrected chi connectivity index (χ0v) is 11.9. The van der Waals surface area contributed by atoms with Crippen LogP contribution in [0.25, 0.3) is 6.08 Å². The van der Waals surface area contributed by atoms with Gasteiger partial charge in [0.15, 0.2) is 0 Å². The SMILES string of the molecule is CC1=NO[C@](/C=C/c2cccc(Cl)c2)(C(F)(F)F)[C@H]1[N+](=O)[O-]. The number of nitrogens with zero attached hydrogens (tertiary/aromatic N) is 2. The molecule has 0 unspecified atom stereocenters. The lowest BCUT2D eigenvalue weighted by molar-refractivity contribution is -0.531. The van der Waals surface area contributed by atoms with Crippen molar-refractivity contribution in [2.75, 3.05) is 0 Å². The monoisotopic (exact) mass is 334 g/mol. The summed E-state index contributed by atoms with van der Waals surface area (Å²) in [6.07, 6.45) is -3.34. The van der Waals surface area contributed by atoms with Crippen LogP contribution in [-0.4, -0.2) is 28.5 Å². The standard InChI is InChI=1S/C13H10ClF3N2O3/c1-8-11(19(20)21)12(22-18-8,13(15,16)17)6-5-9-3-2-4-10(14)7-9/h2-7,11H,1H3/b6-5+/t11-,12-/m0/s1. The van der Waals surface area contributed by atoms with Crippen LogP contribution < -0.4 is 0 Å². The van der Waals surface area contributed by atoms with Gasteiger partial charge in [0.2, 0.25) is 0 Å². The van der Waals surface area contributed by atoms with Crippen molar-refractivity contribution in [1.82, 2.24) is 0 Å². The fourth-order valence-corrected chi connectivity index (χ4v) is 2.32. The number of halogens is 4. The predicted octanol–water partition coefficient (Wildman–Crippen LogP) is 3.71. The molecule has 0 saturated carbocycles. The van der Waals surface area contributed by atoms with Crippen molar-refractivity contribution in [2.24, 2.45) is 5.16 Å². The minimum absolute atomic E-state index is 0.328. The van der Waals surface area contributed by atoms with E-state index < -0.39 is 22.7 Å². The number of rotatable bonds is 3. The maximum atomic E-state index is 13.4. The van der Waals surface area contributed by atoms with E-state index in [1.54, 1.807) is 12.1 Å². The van der Waals surface area contributed by atoms with Crippen LogP contribution in [0.1, 0.15) is 12.5 Å². The fraction of sp³-hybridized carbons (Fsp3) is 0.308. The van der Waals surface area contributed by atoms with E-state index in [4.69, 9.17) is 11.6 Å². The van der Waals surface area contributed by atoms with Crippen molar-refractivity contribution in [3.63, 3.8) is 0 Å². The first-order valence-electron chi connectivity index (χ1n) is 6.05. The minimum atomic E-state index is -5.01. The highest BCUT2D eigenvalue weighted by Crippen LogP contribution is 2.43. The highest BCUT2D eigenvalue weighted by Gasteiger charge is 2.70. The van der Waals surface area contributed by atoms with Gasteiger partial charge in [0.25, 0.3) is 0 Å². The molecule has 22 heavy (non-hydrogen) atoms. The third kappa shape index (κ3) is 2.78. The van der Waals surface area contributed by atoms with Crippen LogP contribution in [0.5, 0.6) is 0 Å². The van der Waals surface area contributed by atoms with E-state index >= 15 is 0 Å². The number of alkyl halides is 3. The lowest BCUT2D eigenvalue weighted by Crippen LogP contribution is -2.56. The Morgan fingerprint density at radius 1 is 1.50 bits per heavy atom. The molecule has 0 bridgehead atoms. The van der Waals surface area contributed by atoms with Gasteiger partial charge in [-0.1, -0.05) is 35.0 Å². The minimum Gasteiger partial charge on any atom is -0.367 e. The summed E-state index contributed by atoms with van der Waals surface area (Å²) in [5, 5.41) is 14.5. The summed E-state index contributed by atoms with van der Waals surface area (Å²) in [4.78, 5) is 14.4. The van der Waals surface area contributed by atoms with E-state index in [0.717, 1.165) is 13.0 Å². The van der Waals surface area contributed by atoms with Gasteiger partial charge in [0, 0.05) is 9.95 Å². The van der Waals surface area contributed by atoms with Crippen LogP contribution in [0.4, 0.5) is 13.2 Å². The van der Waals surface area contributed by atoms with Gasteiger partial charge >= 0.3 is 17.8 Å². The van der Waals surface area contributed by atoms with Crippen molar-refractivity contribution in [3.8, 4) is 0 Å². The molecule has 1 heterocycles. The third-order valence-corrected chi connectivity index (χ3v) is 3.40. The first-order valence-corrected chi connectivity index (χ1v) is 6.43. The highest BCUT2D eigenvalue weighted by atomic mass is 35.5. The van der Waals surface area contributed by atoms with E-state index in [2.05, 4.69) is 9.99 Å². The second kappa shape index (κ2) is 5.60. The molecule has 0 N–H and O–H groups in total.